The second-order valence-corrected chi connectivity index (χ2v) is 11.1. The highest BCUT2D eigenvalue weighted by atomic mass is 16.5. The van der Waals surface area contributed by atoms with Crippen LogP contribution in [0.25, 0.3) is 10.9 Å². The van der Waals surface area contributed by atoms with Crippen molar-refractivity contribution >= 4 is 16.8 Å². The van der Waals surface area contributed by atoms with Crippen LogP contribution in [-0.2, 0) is 4.79 Å². The molecule has 1 unspecified atom stereocenters. The second-order valence-electron chi connectivity index (χ2n) is 11.1. The third-order valence-corrected chi connectivity index (χ3v) is 8.53. The van der Waals surface area contributed by atoms with Crippen LogP contribution in [0.5, 0.6) is 5.75 Å². The van der Waals surface area contributed by atoms with Gasteiger partial charge >= 0.3 is 0 Å². The summed E-state index contributed by atoms with van der Waals surface area (Å²) in [5, 5.41) is 0.955. The fourth-order valence-corrected chi connectivity index (χ4v) is 6.32. The Morgan fingerprint density at radius 1 is 1.03 bits per heavy atom. The molecule has 0 bridgehead atoms. The van der Waals surface area contributed by atoms with E-state index in [-0.39, 0.29) is 5.56 Å². The summed E-state index contributed by atoms with van der Waals surface area (Å²) in [7, 11) is 0. The highest BCUT2D eigenvalue weighted by Gasteiger charge is 2.29. The molecule has 0 spiro atoms. The highest BCUT2D eigenvalue weighted by Crippen LogP contribution is 2.26. The van der Waals surface area contributed by atoms with Crippen molar-refractivity contribution in [2.24, 2.45) is 5.92 Å². The molecule has 1 aliphatic heterocycles. The van der Waals surface area contributed by atoms with Crippen LogP contribution in [-0.4, -0.2) is 77.6 Å². The maximum absolute atomic E-state index is 13.4. The molecule has 1 saturated heterocycles. The van der Waals surface area contributed by atoms with Crippen LogP contribution in [0.3, 0.4) is 0 Å². The van der Waals surface area contributed by atoms with Crippen LogP contribution in [0, 0.1) is 5.92 Å². The molecule has 7 heteroatoms. The van der Waals surface area contributed by atoms with Crippen molar-refractivity contribution in [3.63, 3.8) is 0 Å². The number of carbonyl (C=O) groups is 1. The maximum atomic E-state index is 13.4. The normalized spacial score (nSPS) is 18.9. The number of rotatable bonds is 14. The molecule has 2 aromatic rings. The van der Waals surface area contributed by atoms with Crippen molar-refractivity contribution in [2.45, 2.75) is 84.2 Å². The Labute approximate surface area is 228 Å². The fourth-order valence-electron chi connectivity index (χ4n) is 6.32. The molecule has 1 N–H and O–H groups in total. The van der Waals surface area contributed by atoms with E-state index in [1.807, 2.05) is 24.3 Å². The van der Waals surface area contributed by atoms with Crippen molar-refractivity contribution in [3.8, 4) is 5.75 Å². The zero-order chi connectivity index (χ0) is 26.7. The minimum Gasteiger partial charge on any atom is -0.494 e. The Morgan fingerprint density at radius 2 is 1.84 bits per heavy atom. The number of pyridine rings is 1. The molecule has 2 fully saturated rings. The number of hydrogen-bond acceptors (Lipinski definition) is 5. The van der Waals surface area contributed by atoms with Gasteiger partial charge in [-0.15, -0.1) is 0 Å². The number of ether oxygens (including phenoxy) is 1. The van der Waals surface area contributed by atoms with E-state index >= 15 is 0 Å². The zero-order valence-corrected chi connectivity index (χ0v) is 23.6. The van der Waals surface area contributed by atoms with E-state index in [0.717, 1.165) is 68.8 Å². The molecule has 7 nitrogen and oxygen atoms in total. The molecule has 1 aliphatic carbocycles. The highest BCUT2D eigenvalue weighted by molar-refractivity contribution is 5.79. The third-order valence-electron chi connectivity index (χ3n) is 8.53. The first-order valence-corrected chi connectivity index (χ1v) is 15.1. The smallest absolute Gasteiger partial charge is 0.248 e. The number of H-pyrrole nitrogens is 1. The quantitative estimate of drug-likeness (QED) is 0.342. The number of nitrogens with zero attached hydrogens (tertiary/aromatic N) is 3. The van der Waals surface area contributed by atoms with Crippen LogP contribution in [0.1, 0.15) is 78.1 Å². The lowest BCUT2D eigenvalue weighted by Crippen LogP contribution is -2.48. The lowest BCUT2D eigenvalue weighted by molar-refractivity contribution is -0.132. The van der Waals surface area contributed by atoms with Crippen molar-refractivity contribution in [1.29, 1.82) is 0 Å². The monoisotopic (exact) mass is 524 g/mol. The number of amides is 1. The molecule has 1 amide bonds. The van der Waals surface area contributed by atoms with Crippen molar-refractivity contribution in [3.05, 3.63) is 40.7 Å². The molecule has 2 aliphatic rings. The first-order chi connectivity index (χ1) is 18.6. The molecule has 1 atom stereocenters. The van der Waals surface area contributed by atoms with Crippen LogP contribution in [0.2, 0.25) is 0 Å². The van der Waals surface area contributed by atoms with Gasteiger partial charge < -0.3 is 14.6 Å². The minimum absolute atomic E-state index is 0.0995. The van der Waals surface area contributed by atoms with Gasteiger partial charge in [0.25, 0.3) is 0 Å². The summed E-state index contributed by atoms with van der Waals surface area (Å²) in [5.41, 5.74) is 0.711. The largest absolute Gasteiger partial charge is 0.494 e. The summed E-state index contributed by atoms with van der Waals surface area (Å²) in [6.45, 7) is 11.2. The first-order valence-electron chi connectivity index (χ1n) is 15.1. The van der Waals surface area contributed by atoms with Crippen LogP contribution in [0.4, 0.5) is 0 Å². The van der Waals surface area contributed by atoms with Gasteiger partial charge in [-0.3, -0.25) is 19.4 Å². The van der Waals surface area contributed by atoms with E-state index in [4.69, 9.17) is 4.74 Å². The predicted molar refractivity (Wildman–Crippen MR) is 155 cm³/mol. The topological polar surface area (TPSA) is 68.9 Å². The lowest BCUT2D eigenvalue weighted by Gasteiger charge is -2.36. The van der Waals surface area contributed by atoms with Gasteiger partial charge in [-0.05, 0) is 88.3 Å². The third kappa shape index (κ3) is 8.06. The number of fused-ring (bicyclic) bond motifs is 1. The fraction of sp³-hybridized carbons (Fsp3) is 0.677. The minimum atomic E-state index is -0.0995. The summed E-state index contributed by atoms with van der Waals surface area (Å²) in [6.07, 6.45) is 11.8. The van der Waals surface area contributed by atoms with Gasteiger partial charge in [0.05, 0.1) is 12.8 Å². The van der Waals surface area contributed by atoms with Crippen molar-refractivity contribution in [2.75, 3.05) is 45.9 Å². The summed E-state index contributed by atoms with van der Waals surface area (Å²) in [4.78, 5) is 35.1. The molecule has 0 radical (unpaired) electrons. The molecule has 4 rings (SSSR count). The molecule has 2 heterocycles. The van der Waals surface area contributed by atoms with Gasteiger partial charge in [0.15, 0.2) is 0 Å². The molecule has 1 aromatic heterocycles. The molecular formula is C31H48N4O3. The average molecular weight is 525 g/mol. The second kappa shape index (κ2) is 14.7. The van der Waals surface area contributed by atoms with E-state index in [1.54, 1.807) is 0 Å². The maximum Gasteiger partial charge on any atom is 0.248 e. The number of likely N-dealkylation sites (tertiary alicyclic amines) is 1. The van der Waals surface area contributed by atoms with Crippen LogP contribution in [0.15, 0.2) is 35.1 Å². The Kier molecular flexibility index (Phi) is 11.1. The van der Waals surface area contributed by atoms with E-state index in [0.29, 0.717) is 31.0 Å². The Bertz CT molecular complexity index is 1060. The number of hydrogen-bond donors (Lipinski definition) is 1. The molecule has 1 saturated carbocycles. The SMILES string of the molecule is CCN(CC)C1CCCN1CCN(CC1CCCCC1)C(=O)CCCCOc1ccc2[nH]c(=O)ccc2c1. The van der Waals surface area contributed by atoms with E-state index in [9.17, 15) is 9.59 Å². The number of nitrogens with one attached hydrogen (secondary N) is 1. The van der Waals surface area contributed by atoms with Gasteiger partial charge in [-0.1, -0.05) is 33.1 Å². The number of carbonyl (C=O) groups excluding carboxylic acids is 1. The summed E-state index contributed by atoms with van der Waals surface area (Å²) < 4.78 is 5.95. The molecule has 1 aromatic carbocycles. The van der Waals surface area contributed by atoms with E-state index in [1.165, 1.54) is 51.0 Å². The summed E-state index contributed by atoms with van der Waals surface area (Å²) in [6, 6.07) is 9.06. The van der Waals surface area contributed by atoms with Crippen LogP contribution < -0.4 is 10.3 Å². The lowest BCUT2D eigenvalue weighted by atomic mass is 9.89. The number of aromatic nitrogens is 1. The standard InChI is InChI=1S/C31H48N4O3/c1-3-33(4-2)30-13-10-19-34(30)20-21-35(24-25-11-6-5-7-12-25)31(37)14-8-9-22-38-27-16-17-28-26(23-27)15-18-29(36)32-28/h15-18,23,25,30H,3-14,19-22,24H2,1-2H3,(H,32,36). The van der Waals surface area contributed by atoms with Gasteiger partial charge in [0.2, 0.25) is 11.5 Å². The summed E-state index contributed by atoms with van der Waals surface area (Å²) in [5.74, 6) is 1.77. The average Bonchev–Trinajstić information content (AvgIpc) is 3.40. The van der Waals surface area contributed by atoms with Crippen molar-refractivity contribution in [1.82, 2.24) is 19.7 Å². The first kappa shape index (κ1) is 28.6. The van der Waals surface area contributed by atoms with E-state index < -0.39 is 0 Å². The molecule has 38 heavy (non-hydrogen) atoms. The van der Waals surface area contributed by atoms with E-state index in [2.05, 4.69) is 33.5 Å². The summed E-state index contributed by atoms with van der Waals surface area (Å²) >= 11 is 0. The zero-order valence-electron chi connectivity index (χ0n) is 23.6. The van der Waals surface area contributed by atoms with Gasteiger partial charge in [0.1, 0.15) is 5.75 Å². The Balaban J connectivity index is 1.25. The molecule has 210 valence electrons. The van der Waals surface area contributed by atoms with Crippen molar-refractivity contribution < 1.29 is 9.53 Å². The van der Waals surface area contributed by atoms with Crippen LogP contribution >= 0.6 is 0 Å². The number of unbranched alkanes of at least 4 members (excludes halogenated alkanes) is 1. The predicted octanol–water partition coefficient (Wildman–Crippen LogP) is 5.25. The Hall–Kier alpha value is -2.38. The number of aromatic amines is 1. The van der Waals surface area contributed by atoms with Gasteiger partial charge in [0, 0.05) is 43.0 Å². The van der Waals surface area contributed by atoms with Gasteiger partial charge in [-0.25, -0.2) is 0 Å². The molecular weight excluding hydrogens is 476 g/mol. The Morgan fingerprint density at radius 3 is 2.63 bits per heavy atom. The number of benzene rings is 1. The van der Waals surface area contributed by atoms with Gasteiger partial charge in [-0.2, -0.15) is 0 Å².